The number of aliphatic hydroxyl groups excluding tert-OH is 1. The van der Waals surface area contributed by atoms with Gasteiger partial charge in [0.15, 0.2) is 0 Å². The molecule has 0 saturated carbocycles. The van der Waals surface area contributed by atoms with E-state index in [-0.39, 0.29) is 6.61 Å². The van der Waals surface area contributed by atoms with Crippen molar-refractivity contribution in [1.29, 1.82) is 0 Å². The van der Waals surface area contributed by atoms with Crippen LogP contribution in [0.25, 0.3) is 0 Å². The van der Waals surface area contributed by atoms with Crippen LogP contribution in [0.1, 0.15) is 39.5 Å². The van der Waals surface area contributed by atoms with Crippen molar-refractivity contribution in [3.63, 3.8) is 0 Å². The highest BCUT2D eigenvalue weighted by Crippen LogP contribution is 2.16. The zero-order valence-electron chi connectivity index (χ0n) is 9.33. The second kappa shape index (κ2) is 6.38. The van der Waals surface area contributed by atoms with Crippen molar-refractivity contribution < 1.29 is 9.84 Å². The maximum Gasteiger partial charge on any atom is 0.0587 e. The fraction of sp³-hybridized carbons (Fsp3) is 1.00. The first kappa shape index (κ1) is 12.0. The molecule has 1 aliphatic heterocycles. The lowest BCUT2D eigenvalue weighted by atomic mass is 10.0. The topological polar surface area (TPSA) is 41.5 Å². The minimum atomic E-state index is 0.272. The van der Waals surface area contributed by atoms with Gasteiger partial charge in [0.1, 0.15) is 0 Å². The Hall–Kier alpha value is -0.120. The monoisotopic (exact) mass is 201 g/mol. The zero-order chi connectivity index (χ0) is 10.4. The molecule has 0 radical (unpaired) electrons. The van der Waals surface area contributed by atoms with Crippen molar-refractivity contribution in [1.82, 2.24) is 5.32 Å². The fourth-order valence-electron chi connectivity index (χ4n) is 2.00. The highest BCUT2D eigenvalue weighted by Gasteiger charge is 2.21. The Morgan fingerprint density at radius 1 is 1.57 bits per heavy atom. The van der Waals surface area contributed by atoms with Crippen LogP contribution in [0.15, 0.2) is 0 Å². The predicted molar refractivity (Wildman–Crippen MR) is 57.4 cm³/mol. The van der Waals surface area contributed by atoms with Crippen molar-refractivity contribution in [3.8, 4) is 0 Å². The van der Waals surface area contributed by atoms with Gasteiger partial charge in [-0.1, -0.05) is 6.92 Å². The number of hydrogen-bond acceptors (Lipinski definition) is 3. The minimum Gasteiger partial charge on any atom is -0.396 e. The van der Waals surface area contributed by atoms with E-state index in [1.54, 1.807) is 0 Å². The molecule has 0 spiro atoms. The smallest absolute Gasteiger partial charge is 0.0587 e. The molecule has 2 N–H and O–H groups in total. The lowest BCUT2D eigenvalue weighted by Crippen LogP contribution is -2.43. The minimum absolute atomic E-state index is 0.272. The summed E-state index contributed by atoms with van der Waals surface area (Å²) in [5.41, 5.74) is 0. The van der Waals surface area contributed by atoms with Gasteiger partial charge in [-0.3, -0.25) is 0 Å². The first-order valence-electron chi connectivity index (χ1n) is 5.74. The molecule has 3 nitrogen and oxygen atoms in total. The maximum atomic E-state index is 8.80. The Morgan fingerprint density at radius 2 is 2.36 bits per heavy atom. The van der Waals surface area contributed by atoms with Crippen LogP contribution in [0, 0.1) is 0 Å². The molecule has 1 saturated heterocycles. The van der Waals surface area contributed by atoms with Gasteiger partial charge in [0.25, 0.3) is 0 Å². The third-order valence-electron chi connectivity index (χ3n) is 2.90. The molecule has 0 amide bonds. The molecule has 0 bridgehead atoms. The van der Waals surface area contributed by atoms with Crippen molar-refractivity contribution in [2.24, 2.45) is 0 Å². The zero-order valence-corrected chi connectivity index (χ0v) is 9.33. The number of rotatable bonds is 5. The summed E-state index contributed by atoms with van der Waals surface area (Å²) in [4.78, 5) is 0. The molecule has 0 aromatic heterocycles. The number of ether oxygens (including phenoxy) is 1. The molecule has 1 rings (SSSR count). The molecule has 0 aromatic rings. The molecule has 14 heavy (non-hydrogen) atoms. The SMILES string of the molecule is CCC1CC(NC(C)CCO)CCO1. The highest BCUT2D eigenvalue weighted by molar-refractivity contribution is 4.78. The Morgan fingerprint density at radius 3 is 3.00 bits per heavy atom. The maximum absolute atomic E-state index is 8.80. The second-order valence-electron chi connectivity index (χ2n) is 4.20. The summed E-state index contributed by atoms with van der Waals surface area (Å²) in [5, 5.41) is 12.3. The van der Waals surface area contributed by atoms with Crippen LogP contribution >= 0.6 is 0 Å². The van der Waals surface area contributed by atoms with E-state index >= 15 is 0 Å². The first-order chi connectivity index (χ1) is 6.76. The van der Waals surface area contributed by atoms with Crippen molar-refractivity contribution in [2.75, 3.05) is 13.2 Å². The van der Waals surface area contributed by atoms with Crippen molar-refractivity contribution in [3.05, 3.63) is 0 Å². The summed E-state index contributed by atoms with van der Waals surface area (Å²) in [5.74, 6) is 0. The van der Waals surface area contributed by atoms with Crippen molar-refractivity contribution in [2.45, 2.75) is 57.7 Å². The van der Waals surface area contributed by atoms with Crippen LogP contribution < -0.4 is 5.32 Å². The third-order valence-corrected chi connectivity index (χ3v) is 2.90. The lowest BCUT2D eigenvalue weighted by Gasteiger charge is -2.31. The van der Waals surface area contributed by atoms with Gasteiger partial charge >= 0.3 is 0 Å². The first-order valence-corrected chi connectivity index (χ1v) is 5.74. The summed E-state index contributed by atoms with van der Waals surface area (Å²) >= 11 is 0. The summed E-state index contributed by atoms with van der Waals surface area (Å²) in [6.45, 7) is 5.45. The van der Waals surface area contributed by atoms with E-state index in [1.165, 1.54) is 0 Å². The van der Waals surface area contributed by atoms with Crippen molar-refractivity contribution >= 4 is 0 Å². The molecular formula is C11H23NO2. The molecule has 3 atom stereocenters. The Bertz CT molecular complexity index is 152. The van der Waals surface area contributed by atoms with E-state index in [2.05, 4.69) is 19.2 Å². The molecule has 1 heterocycles. The van der Waals surface area contributed by atoms with E-state index in [1.807, 2.05) is 0 Å². The summed E-state index contributed by atoms with van der Waals surface area (Å²) in [6.07, 6.45) is 4.60. The molecule has 1 aliphatic rings. The largest absolute Gasteiger partial charge is 0.396 e. The third kappa shape index (κ3) is 3.95. The normalized spacial score (nSPS) is 30.2. The Kier molecular flexibility index (Phi) is 5.45. The highest BCUT2D eigenvalue weighted by atomic mass is 16.5. The molecule has 3 unspecified atom stereocenters. The van der Waals surface area contributed by atoms with E-state index < -0.39 is 0 Å². The van der Waals surface area contributed by atoms with Crippen LogP contribution in [-0.2, 0) is 4.74 Å². The van der Waals surface area contributed by atoms with Gasteiger partial charge in [0.2, 0.25) is 0 Å². The summed E-state index contributed by atoms with van der Waals surface area (Å²) in [6, 6.07) is 0.996. The van der Waals surface area contributed by atoms with Gasteiger partial charge in [-0.25, -0.2) is 0 Å². The number of aliphatic hydroxyl groups is 1. The predicted octanol–water partition coefficient (Wildman–Crippen LogP) is 1.30. The quantitative estimate of drug-likeness (QED) is 0.704. The molecule has 0 aliphatic carbocycles. The lowest BCUT2D eigenvalue weighted by molar-refractivity contribution is -0.00199. The summed E-state index contributed by atoms with van der Waals surface area (Å²) in [7, 11) is 0. The van der Waals surface area contributed by atoms with Gasteiger partial charge in [0.05, 0.1) is 6.10 Å². The van der Waals surface area contributed by atoms with Crippen LogP contribution in [0.3, 0.4) is 0 Å². The van der Waals surface area contributed by atoms with Gasteiger partial charge in [0, 0.05) is 25.3 Å². The molecule has 84 valence electrons. The van der Waals surface area contributed by atoms with Crippen LogP contribution in [0.5, 0.6) is 0 Å². The Labute approximate surface area is 86.8 Å². The standard InChI is InChI=1S/C11H23NO2/c1-3-11-8-10(5-7-14-11)12-9(2)4-6-13/h9-13H,3-8H2,1-2H3. The van der Waals surface area contributed by atoms with Crippen LogP contribution in [-0.4, -0.2) is 36.5 Å². The molecule has 3 heteroatoms. The van der Waals surface area contributed by atoms with Gasteiger partial charge in [-0.05, 0) is 32.6 Å². The Balaban J connectivity index is 2.22. The average Bonchev–Trinajstić information content (AvgIpc) is 2.18. The number of nitrogens with one attached hydrogen (secondary N) is 1. The van der Waals surface area contributed by atoms with E-state index in [4.69, 9.17) is 9.84 Å². The fourth-order valence-corrected chi connectivity index (χ4v) is 2.00. The van der Waals surface area contributed by atoms with Crippen LogP contribution in [0.2, 0.25) is 0 Å². The van der Waals surface area contributed by atoms with Gasteiger partial charge in [-0.15, -0.1) is 0 Å². The van der Waals surface area contributed by atoms with Gasteiger partial charge < -0.3 is 15.2 Å². The molecular weight excluding hydrogens is 178 g/mol. The van der Waals surface area contributed by atoms with E-state index in [0.717, 1.165) is 32.3 Å². The molecule has 1 fully saturated rings. The van der Waals surface area contributed by atoms with Gasteiger partial charge in [-0.2, -0.15) is 0 Å². The van der Waals surface area contributed by atoms with E-state index in [0.29, 0.717) is 18.2 Å². The number of hydrogen-bond donors (Lipinski definition) is 2. The summed E-state index contributed by atoms with van der Waals surface area (Å²) < 4.78 is 5.61. The second-order valence-corrected chi connectivity index (χ2v) is 4.20. The average molecular weight is 201 g/mol. The molecule has 0 aromatic carbocycles. The van der Waals surface area contributed by atoms with E-state index in [9.17, 15) is 0 Å². The van der Waals surface area contributed by atoms with Crippen LogP contribution in [0.4, 0.5) is 0 Å².